The fourth-order valence-electron chi connectivity index (χ4n) is 7.53. The number of imidazole rings is 1. The van der Waals surface area contributed by atoms with Gasteiger partial charge >= 0.3 is 6.03 Å². The van der Waals surface area contributed by atoms with Gasteiger partial charge in [-0.2, -0.15) is 0 Å². The molecule has 0 radical (unpaired) electrons. The van der Waals surface area contributed by atoms with Crippen molar-refractivity contribution in [3.8, 4) is 0 Å². The van der Waals surface area contributed by atoms with Gasteiger partial charge in [0.1, 0.15) is 6.04 Å². The van der Waals surface area contributed by atoms with E-state index >= 15 is 0 Å². The number of hydrogen-bond donors (Lipinski definition) is 2. The number of piperazine rings is 1. The van der Waals surface area contributed by atoms with Crippen LogP contribution in [0, 0.1) is 6.92 Å². The van der Waals surface area contributed by atoms with Crippen molar-refractivity contribution >= 4 is 45.2 Å². The lowest BCUT2D eigenvalue weighted by atomic mass is 9.94. The summed E-state index contributed by atoms with van der Waals surface area (Å²) in [4.78, 5) is 41.5. The highest BCUT2D eigenvalue weighted by Gasteiger charge is 2.41. The molecule has 2 aromatic carbocycles. The van der Waals surface area contributed by atoms with E-state index in [-0.39, 0.29) is 24.0 Å². The summed E-state index contributed by atoms with van der Waals surface area (Å²) < 4.78 is 2.96. The first-order valence-corrected chi connectivity index (χ1v) is 18.1. The minimum Gasteiger partial charge on any atom is -0.335 e. The Bertz CT molecular complexity index is 1750. The molecule has 0 bridgehead atoms. The first-order valence-electron chi connectivity index (χ1n) is 16.9. The first kappa shape index (κ1) is 32.8. The second kappa shape index (κ2) is 14.4. The normalized spacial score (nSPS) is 20.0. The number of pyridine rings is 1. The Kier molecular flexibility index (Phi) is 9.84. The van der Waals surface area contributed by atoms with Crippen LogP contribution in [0.5, 0.6) is 0 Å². The molecule has 1 saturated carbocycles. The molecule has 9 nitrogen and oxygen atoms in total. The number of benzene rings is 2. The van der Waals surface area contributed by atoms with Gasteiger partial charge in [-0.1, -0.05) is 49.1 Å². The Morgan fingerprint density at radius 1 is 1.00 bits per heavy atom. The van der Waals surface area contributed by atoms with Crippen LogP contribution in [0.2, 0.25) is 5.02 Å². The van der Waals surface area contributed by atoms with Crippen molar-refractivity contribution in [2.24, 2.45) is 0 Å². The number of nitrogens with one attached hydrogen (secondary N) is 2. The van der Waals surface area contributed by atoms with Crippen LogP contribution in [0.4, 0.5) is 10.5 Å². The third-order valence-corrected chi connectivity index (χ3v) is 10.6. The van der Waals surface area contributed by atoms with Gasteiger partial charge in [0.05, 0.1) is 23.8 Å². The molecule has 0 unspecified atom stereocenters. The van der Waals surface area contributed by atoms with Gasteiger partial charge in [0, 0.05) is 59.8 Å². The van der Waals surface area contributed by atoms with Crippen LogP contribution in [-0.4, -0.2) is 68.0 Å². The van der Waals surface area contributed by atoms with Crippen molar-refractivity contribution in [1.82, 2.24) is 29.7 Å². The van der Waals surface area contributed by atoms with E-state index in [0.29, 0.717) is 36.9 Å². The molecule has 250 valence electrons. The summed E-state index contributed by atoms with van der Waals surface area (Å²) in [5.41, 5.74) is 7.19. The molecule has 2 aromatic heterocycles. The number of fused-ring (bicyclic) bond motifs is 2. The smallest absolute Gasteiger partial charge is 0.318 e. The number of urea groups is 1. The molecule has 3 heterocycles. The van der Waals surface area contributed by atoms with Gasteiger partial charge in [-0.25, -0.2) is 9.78 Å². The Labute approximate surface area is 295 Å². The zero-order valence-corrected chi connectivity index (χ0v) is 29.5. The zero-order chi connectivity index (χ0) is 33.2. The monoisotopic (exact) mass is 729 g/mol. The highest BCUT2D eigenvalue weighted by Crippen LogP contribution is 2.38. The number of carbonyl (C=O) groups is 2. The van der Waals surface area contributed by atoms with Gasteiger partial charge in [-0.05, 0) is 101 Å². The van der Waals surface area contributed by atoms with E-state index in [9.17, 15) is 9.59 Å². The number of aromatic nitrogens is 3. The van der Waals surface area contributed by atoms with Crippen LogP contribution in [0.25, 0.3) is 0 Å². The maximum atomic E-state index is 14.3. The van der Waals surface area contributed by atoms with E-state index in [2.05, 4.69) is 54.6 Å². The third kappa shape index (κ3) is 7.31. The van der Waals surface area contributed by atoms with E-state index < -0.39 is 6.04 Å². The molecular formula is C37H41BrClN7O2. The Hall–Kier alpha value is -3.73. The summed E-state index contributed by atoms with van der Waals surface area (Å²) in [6, 6.07) is 15.2. The van der Waals surface area contributed by atoms with Crippen LogP contribution in [-0.2, 0) is 24.2 Å². The largest absolute Gasteiger partial charge is 0.335 e. The third-order valence-electron chi connectivity index (χ3n) is 9.89. The molecule has 3 aliphatic rings. The molecule has 2 atom stereocenters. The predicted octanol–water partition coefficient (Wildman–Crippen LogP) is 6.91. The summed E-state index contributed by atoms with van der Waals surface area (Å²) >= 11 is 10.1. The minimum atomic E-state index is -0.708. The first-order chi connectivity index (χ1) is 23.3. The highest BCUT2D eigenvalue weighted by atomic mass is 79.9. The molecule has 2 aliphatic carbocycles. The second-order valence-corrected chi connectivity index (χ2v) is 14.7. The maximum Gasteiger partial charge on any atom is 0.318 e. The van der Waals surface area contributed by atoms with Crippen molar-refractivity contribution in [1.29, 1.82) is 0 Å². The van der Waals surface area contributed by atoms with Crippen molar-refractivity contribution in [2.75, 3.05) is 25.0 Å². The Balaban J connectivity index is 1.19. The topological polar surface area (TPSA) is 95.4 Å². The molecule has 11 heteroatoms. The van der Waals surface area contributed by atoms with Crippen LogP contribution < -0.4 is 10.6 Å². The lowest BCUT2D eigenvalue weighted by Gasteiger charge is -2.44. The van der Waals surface area contributed by atoms with Gasteiger partial charge in [0.2, 0.25) is 5.91 Å². The summed E-state index contributed by atoms with van der Waals surface area (Å²) in [6.45, 7) is 3.99. The lowest BCUT2D eigenvalue weighted by Crippen LogP contribution is -2.62. The summed E-state index contributed by atoms with van der Waals surface area (Å²) in [7, 11) is 0. The number of nitrogens with zero attached hydrogens (tertiary/aromatic N) is 5. The quantitative estimate of drug-likeness (QED) is 0.225. The Morgan fingerprint density at radius 3 is 2.65 bits per heavy atom. The van der Waals surface area contributed by atoms with E-state index in [1.807, 2.05) is 60.5 Å². The van der Waals surface area contributed by atoms with E-state index in [1.54, 1.807) is 4.90 Å². The molecular weight excluding hydrogens is 690 g/mol. The number of hydrogen-bond acceptors (Lipinski definition) is 5. The predicted molar refractivity (Wildman–Crippen MR) is 191 cm³/mol. The van der Waals surface area contributed by atoms with Crippen molar-refractivity contribution < 1.29 is 9.59 Å². The molecule has 3 amide bonds. The van der Waals surface area contributed by atoms with E-state index in [0.717, 1.165) is 65.5 Å². The van der Waals surface area contributed by atoms with Crippen LogP contribution >= 0.6 is 27.5 Å². The summed E-state index contributed by atoms with van der Waals surface area (Å²) in [5.74, 6) is -0.206. The molecule has 2 N–H and O–H groups in total. The molecule has 4 aromatic rings. The zero-order valence-electron chi connectivity index (χ0n) is 27.2. The number of amides is 3. The number of halogens is 2. The van der Waals surface area contributed by atoms with E-state index in [1.165, 1.54) is 17.5 Å². The van der Waals surface area contributed by atoms with Crippen molar-refractivity contribution in [3.05, 3.63) is 110 Å². The van der Waals surface area contributed by atoms with Crippen molar-refractivity contribution in [2.45, 2.75) is 76.5 Å². The average molecular weight is 731 g/mol. The number of aryl methyl sites for hydroxylation is 3. The highest BCUT2D eigenvalue weighted by molar-refractivity contribution is 9.10. The van der Waals surface area contributed by atoms with Gasteiger partial charge in [0.25, 0.3) is 0 Å². The molecule has 1 saturated heterocycles. The SMILES string of the molecule is Cc1cn(Cc2cccc(NC(=O)[C@H]3CN([C@@H]4c5ccc(Cl)cc5CCc5cc(Br)cnc54)CCN3C(=O)NC3CCCCC3)c2)cn1. The minimum absolute atomic E-state index is 0.143. The molecule has 7 rings (SSSR count). The fraction of sp³-hybridized carbons (Fsp3) is 0.405. The molecule has 48 heavy (non-hydrogen) atoms. The lowest BCUT2D eigenvalue weighted by molar-refractivity contribution is -0.122. The maximum absolute atomic E-state index is 14.3. The standard InChI is InChI=1S/C37H41BrClN7O2/c1-24-20-44(23-41-24)21-25-6-5-9-31(16-25)42-36(47)33-22-45(14-15-46(33)37(48)43-30-7-3-2-4-8-30)35-32-13-12-29(39)18-26(32)10-11-27-17-28(38)19-40-34(27)35/h5-6,9,12-13,16-20,23,30,33,35H,2-4,7-8,10-11,14-15,21-22H2,1H3,(H,42,47)(H,43,48)/t33-,35-/m1/s1. The number of anilines is 1. The van der Waals surface area contributed by atoms with Gasteiger partial charge in [-0.15, -0.1) is 0 Å². The van der Waals surface area contributed by atoms with Crippen LogP contribution in [0.3, 0.4) is 0 Å². The number of carbonyl (C=O) groups excluding carboxylic acids is 2. The molecule has 2 fully saturated rings. The van der Waals surface area contributed by atoms with Crippen LogP contribution in [0.15, 0.2) is 71.7 Å². The van der Waals surface area contributed by atoms with Gasteiger partial charge in [-0.3, -0.25) is 14.7 Å². The van der Waals surface area contributed by atoms with Crippen molar-refractivity contribution in [3.63, 3.8) is 0 Å². The summed E-state index contributed by atoms with van der Waals surface area (Å²) in [6.07, 6.45) is 12.7. The second-order valence-electron chi connectivity index (χ2n) is 13.3. The molecule has 0 spiro atoms. The number of rotatable bonds is 6. The fourth-order valence-corrected chi connectivity index (χ4v) is 8.11. The average Bonchev–Trinajstić information content (AvgIpc) is 3.42. The summed E-state index contributed by atoms with van der Waals surface area (Å²) in [5, 5.41) is 7.15. The Morgan fingerprint density at radius 2 is 1.83 bits per heavy atom. The molecule has 1 aliphatic heterocycles. The van der Waals surface area contributed by atoms with E-state index in [4.69, 9.17) is 16.6 Å². The van der Waals surface area contributed by atoms with Crippen LogP contribution in [0.1, 0.15) is 71.8 Å². The van der Waals surface area contributed by atoms with Gasteiger partial charge < -0.3 is 20.1 Å². The van der Waals surface area contributed by atoms with Gasteiger partial charge in [0.15, 0.2) is 0 Å².